The normalized spacial score (nSPS) is 10.3. The van der Waals surface area contributed by atoms with Crippen molar-refractivity contribution in [2.45, 2.75) is 0 Å². The van der Waals surface area contributed by atoms with E-state index in [-0.39, 0.29) is 5.82 Å². The summed E-state index contributed by atoms with van der Waals surface area (Å²) < 4.78 is 13.0. The molecule has 1 aromatic carbocycles. The van der Waals surface area contributed by atoms with Gasteiger partial charge < -0.3 is 0 Å². The third-order valence-corrected chi connectivity index (χ3v) is 1.67. The van der Waals surface area contributed by atoms with Crippen LogP contribution in [-0.2, 0) is 0 Å². The third kappa shape index (κ3) is 0.963. The molecule has 0 aliphatic carbocycles. The first kappa shape index (κ1) is 6.28. The van der Waals surface area contributed by atoms with Crippen LogP contribution in [-0.4, -0.2) is 0 Å². The maximum atomic E-state index is 13.0. The predicted molar refractivity (Wildman–Crippen MR) is 40.5 cm³/mol. The maximum Gasteiger partial charge on any atom is 0.174 e. The summed E-state index contributed by atoms with van der Waals surface area (Å²) in [6.07, 6.45) is 3.49. The van der Waals surface area contributed by atoms with Gasteiger partial charge >= 0.3 is 0 Å². The fraction of sp³-hybridized carbons (Fsp3) is 0. The van der Waals surface area contributed by atoms with Gasteiger partial charge in [0.05, 0.1) is 0 Å². The van der Waals surface area contributed by atoms with E-state index >= 15 is 0 Å². The fourth-order valence-electron chi connectivity index (χ4n) is 1.12. The molecular weight excluding hydrogens is 141 g/mol. The number of rotatable bonds is 0. The van der Waals surface area contributed by atoms with Gasteiger partial charge in [0, 0.05) is 16.8 Å². The number of fused-ring (bicyclic) bond motifs is 1. The molecule has 1 aromatic heterocycles. The zero-order chi connectivity index (χ0) is 7.68. The lowest BCUT2D eigenvalue weighted by Crippen LogP contribution is -1.97. The van der Waals surface area contributed by atoms with E-state index in [1.54, 1.807) is 24.5 Å². The minimum absolute atomic E-state index is 0.170. The summed E-state index contributed by atoms with van der Waals surface area (Å²) in [6.45, 7) is 0. The second-order valence-electron chi connectivity index (χ2n) is 2.39. The molecule has 1 N–H and O–H groups in total. The Morgan fingerprint density at radius 2 is 2.09 bits per heavy atom. The molecule has 11 heavy (non-hydrogen) atoms. The van der Waals surface area contributed by atoms with Crippen LogP contribution in [0.5, 0.6) is 0 Å². The molecule has 0 unspecified atom stereocenters. The number of benzene rings is 1. The van der Waals surface area contributed by atoms with Gasteiger partial charge in [-0.05, 0) is 12.1 Å². The number of pyridine rings is 1. The molecule has 1 heterocycles. The Kier molecular flexibility index (Phi) is 1.32. The smallest absolute Gasteiger partial charge is 0.174 e. The van der Waals surface area contributed by atoms with Gasteiger partial charge in [0.2, 0.25) is 0 Å². The van der Waals surface area contributed by atoms with Crippen LogP contribution in [0.2, 0.25) is 0 Å². The Bertz CT molecular complexity index is 379. The van der Waals surface area contributed by atoms with Crippen molar-refractivity contribution in [3.05, 3.63) is 42.5 Å². The molecule has 1 nitrogen and oxygen atoms in total. The minimum Gasteiger partial charge on any atom is -0.217 e. The van der Waals surface area contributed by atoms with Crippen molar-refractivity contribution in [2.75, 3.05) is 0 Å². The first-order valence-electron chi connectivity index (χ1n) is 3.42. The Morgan fingerprint density at radius 3 is 2.91 bits per heavy atom. The number of halogens is 1. The molecule has 0 amide bonds. The predicted octanol–water partition coefficient (Wildman–Crippen LogP) is 1.79. The number of aromatic amines is 1. The average molecular weight is 148 g/mol. The Morgan fingerprint density at radius 1 is 1.18 bits per heavy atom. The van der Waals surface area contributed by atoms with E-state index < -0.39 is 0 Å². The van der Waals surface area contributed by atoms with E-state index in [2.05, 4.69) is 4.98 Å². The fourth-order valence-corrected chi connectivity index (χ4v) is 1.12. The minimum atomic E-state index is -0.170. The van der Waals surface area contributed by atoms with E-state index in [0.717, 1.165) is 5.39 Å². The summed E-state index contributed by atoms with van der Waals surface area (Å²) >= 11 is 0. The van der Waals surface area contributed by atoms with Gasteiger partial charge in [-0.1, -0.05) is 6.07 Å². The molecule has 0 aliphatic rings. The lowest BCUT2D eigenvalue weighted by atomic mass is 10.2. The number of hydrogen-bond donors (Lipinski definition) is 0. The topological polar surface area (TPSA) is 14.1 Å². The monoisotopic (exact) mass is 148 g/mol. The summed E-state index contributed by atoms with van der Waals surface area (Å²) in [4.78, 5) is 2.90. The molecule has 0 spiro atoms. The van der Waals surface area contributed by atoms with Crippen LogP contribution >= 0.6 is 0 Å². The first-order valence-corrected chi connectivity index (χ1v) is 3.42. The van der Waals surface area contributed by atoms with Crippen molar-refractivity contribution in [3.63, 3.8) is 0 Å². The van der Waals surface area contributed by atoms with Gasteiger partial charge in [-0.25, -0.2) is 9.37 Å². The summed E-state index contributed by atoms with van der Waals surface area (Å²) in [5.74, 6) is -0.170. The van der Waals surface area contributed by atoms with Gasteiger partial charge in [-0.3, -0.25) is 0 Å². The van der Waals surface area contributed by atoms with Crippen molar-refractivity contribution >= 4 is 10.8 Å². The second-order valence-corrected chi connectivity index (χ2v) is 2.39. The van der Waals surface area contributed by atoms with E-state index in [0.29, 0.717) is 5.39 Å². The molecule has 2 rings (SSSR count). The molecule has 0 fully saturated rings. The highest BCUT2D eigenvalue weighted by Gasteiger charge is 1.99. The van der Waals surface area contributed by atoms with Gasteiger partial charge in [0.25, 0.3) is 0 Å². The van der Waals surface area contributed by atoms with Crippen LogP contribution in [0.1, 0.15) is 0 Å². The number of H-pyrrole nitrogens is 1. The summed E-state index contributed by atoms with van der Waals surface area (Å²) in [5, 5.41) is 1.55. The average Bonchev–Trinajstić information content (AvgIpc) is 2.06. The molecule has 0 aliphatic heterocycles. The van der Waals surface area contributed by atoms with Gasteiger partial charge in [-0.2, -0.15) is 0 Å². The molecule has 0 saturated carbocycles. The van der Waals surface area contributed by atoms with Crippen LogP contribution < -0.4 is 4.98 Å². The molecule has 0 radical (unpaired) electrons. The molecular formula is C9H7FN+. The highest BCUT2D eigenvalue weighted by molar-refractivity contribution is 5.81. The zero-order valence-corrected chi connectivity index (χ0v) is 5.84. The number of hydrogen-bond acceptors (Lipinski definition) is 0. The van der Waals surface area contributed by atoms with Gasteiger partial charge in [0.1, 0.15) is 5.82 Å². The quantitative estimate of drug-likeness (QED) is 0.540. The van der Waals surface area contributed by atoms with Crippen LogP contribution in [0.25, 0.3) is 10.8 Å². The summed E-state index contributed by atoms with van der Waals surface area (Å²) in [6, 6.07) is 6.76. The van der Waals surface area contributed by atoms with Crippen molar-refractivity contribution in [1.29, 1.82) is 0 Å². The highest BCUT2D eigenvalue weighted by atomic mass is 19.1. The Hall–Kier alpha value is -1.44. The summed E-state index contributed by atoms with van der Waals surface area (Å²) in [7, 11) is 0. The van der Waals surface area contributed by atoms with E-state index in [1.165, 1.54) is 6.07 Å². The highest BCUT2D eigenvalue weighted by Crippen LogP contribution is 2.13. The third-order valence-electron chi connectivity index (χ3n) is 1.67. The number of aromatic nitrogens is 1. The zero-order valence-electron chi connectivity index (χ0n) is 5.84. The molecule has 0 bridgehead atoms. The lowest BCUT2D eigenvalue weighted by Gasteiger charge is -1.92. The van der Waals surface area contributed by atoms with E-state index in [4.69, 9.17) is 0 Å². The Labute approximate surface area is 63.5 Å². The molecule has 0 saturated heterocycles. The standard InChI is InChI=1S/C9H6FN/c10-9-3-1-2-7-6-11-5-4-8(7)9/h1-6H/p+1. The number of nitrogens with one attached hydrogen (secondary N) is 1. The van der Waals surface area contributed by atoms with Crippen molar-refractivity contribution < 1.29 is 9.37 Å². The van der Waals surface area contributed by atoms with Gasteiger partial charge in [-0.15, -0.1) is 0 Å². The van der Waals surface area contributed by atoms with Crippen molar-refractivity contribution in [2.24, 2.45) is 0 Å². The van der Waals surface area contributed by atoms with Crippen LogP contribution in [0.3, 0.4) is 0 Å². The Balaban J connectivity index is 2.91. The molecule has 2 aromatic rings. The van der Waals surface area contributed by atoms with Crippen LogP contribution in [0.15, 0.2) is 36.7 Å². The van der Waals surface area contributed by atoms with Crippen molar-refractivity contribution in [1.82, 2.24) is 0 Å². The molecule has 2 heteroatoms. The summed E-state index contributed by atoms with van der Waals surface area (Å²) in [5.41, 5.74) is 0. The SMILES string of the molecule is Fc1cccc2c[nH+]ccc12. The van der Waals surface area contributed by atoms with E-state index in [9.17, 15) is 4.39 Å². The second kappa shape index (κ2) is 2.31. The maximum absolute atomic E-state index is 13.0. The lowest BCUT2D eigenvalue weighted by molar-refractivity contribution is -0.375. The van der Waals surface area contributed by atoms with Crippen LogP contribution in [0, 0.1) is 5.82 Å². The van der Waals surface area contributed by atoms with Crippen molar-refractivity contribution in [3.8, 4) is 0 Å². The first-order chi connectivity index (χ1) is 5.38. The van der Waals surface area contributed by atoms with Crippen LogP contribution in [0.4, 0.5) is 4.39 Å². The molecule has 0 atom stereocenters. The molecule has 54 valence electrons. The van der Waals surface area contributed by atoms with Gasteiger partial charge in [0.15, 0.2) is 12.4 Å². The van der Waals surface area contributed by atoms with E-state index in [1.807, 2.05) is 6.07 Å². The largest absolute Gasteiger partial charge is 0.217 e.